The lowest BCUT2D eigenvalue weighted by Crippen LogP contribution is -2.47. The number of hydrogen-bond donors (Lipinski definition) is 0. The normalized spacial score (nSPS) is 15.0. The van der Waals surface area contributed by atoms with E-state index in [-0.39, 0.29) is 5.91 Å². The van der Waals surface area contributed by atoms with Gasteiger partial charge in [-0.05, 0) is 60.1 Å². The standard InChI is InChI=1S/C35H34N2O/c1-27-13-12-20-32(28(27)2)35(30-16-8-4-9-17-30,31-18-10-5-11-19-31)25-33(38)37-23-21-34(26-36,22-24-37)29-14-6-3-7-15-29/h3-20H,21-25H2,1-2H3. The molecule has 38 heavy (non-hydrogen) atoms. The SMILES string of the molecule is Cc1cccc(C(CC(=O)N2CCC(C#N)(c3ccccc3)CC2)(c2ccccc2)c2ccccc2)c1C. The first-order valence-electron chi connectivity index (χ1n) is 13.4. The lowest BCUT2D eigenvalue weighted by atomic mass is 9.65. The van der Waals surface area contributed by atoms with E-state index < -0.39 is 10.8 Å². The van der Waals surface area contributed by atoms with E-state index in [1.165, 1.54) is 11.1 Å². The van der Waals surface area contributed by atoms with Crippen molar-refractivity contribution in [2.45, 2.75) is 43.9 Å². The molecule has 0 saturated carbocycles. The van der Waals surface area contributed by atoms with Crippen molar-refractivity contribution in [1.82, 2.24) is 4.90 Å². The minimum absolute atomic E-state index is 0.123. The fraction of sp³-hybridized carbons (Fsp3) is 0.257. The van der Waals surface area contributed by atoms with Crippen LogP contribution in [-0.4, -0.2) is 23.9 Å². The molecule has 0 N–H and O–H groups in total. The number of benzene rings is 4. The second-order valence-electron chi connectivity index (χ2n) is 10.5. The Bertz CT molecular complexity index is 1390. The highest BCUT2D eigenvalue weighted by molar-refractivity contribution is 5.80. The Balaban J connectivity index is 1.55. The Morgan fingerprint density at radius 3 is 1.84 bits per heavy atom. The topological polar surface area (TPSA) is 44.1 Å². The molecule has 5 rings (SSSR count). The third kappa shape index (κ3) is 4.52. The predicted molar refractivity (Wildman–Crippen MR) is 153 cm³/mol. The van der Waals surface area contributed by atoms with E-state index in [0.29, 0.717) is 32.4 Å². The van der Waals surface area contributed by atoms with Crippen LogP contribution in [0, 0.1) is 25.2 Å². The fourth-order valence-electron chi connectivity index (χ4n) is 6.13. The van der Waals surface area contributed by atoms with Crippen LogP contribution >= 0.6 is 0 Å². The monoisotopic (exact) mass is 498 g/mol. The molecule has 1 heterocycles. The Morgan fingerprint density at radius 1 is 0.789 bits per heavy atom. The molecular weight excluding hydrogens is 464 g/mol. The van der Waals surface area contributed by atoms with Crippen LogP contribution in [0.5, 0.6) is 0 Å². The number of hydrogen-bond acceptors (Lipinski definition) is 2. The molecule has 0 aromatic heterocycles. The van der Waals surface area contributed by atoms with Gasteiger partial charge in [0.25, 0.3) is 0 Å². The zero-order valence-corrected chi connectivity index (χ0v) is 22.2. The average Bonchev–Trinajstić information content (AvgIpc) is 2.99. The first-order valence-corrected chi connectivity index (χ1v) is 13.4. The molecule has 1 aliphatic heterocycles. The fourth-order valence-corrected chi connectivity index (χ4v) is 6.13. The molecule has 3 heteroatoms. The van der Waals surface area contributed by atoms with E-state index >= 15 is 0 Å². The second-order valence-corrected chi connectivity index (χ2v) is 10.5. The van der Waals surface area contributed by atoms with Gasteiger partial charge in [0, 0.05) is 19.5 Å². The van der Waals surface area contributed by atoms with Gasteiger partial charge in [-0.15, -0.1) is 0 Å². The minimum atomic E-state index is -0.626. The highest BCUT2D eigenvalue weighted by Crippen LogP contribution is 2.45. The maximum atomic E-state index is 14.2. The van der Waals surface area contributed by atoms with Crippen LogP contribution in [0.4, 0.5) is 0 Å². The molecule has 0 spiro atoms. The summed E-state index contributed by atoms with van der Waals surface area (Å²) in [4.78, 5) is 16.2. The van der Waals surface area contributed by atoms with Gasteiger partial charge < -0.3 is 4.90 Å². The smallest absolute Gasteiger partial charge is 0.224 e. The van der Waals surface area contributed by atoms with Crippen LogP contribution in [0.2, 0.25) is 0 Å². The third-order valence-corrected chi connectivity index (χ3v) is 8.52. The molecule has 0 unspecified atom stereocenters. The molecule has 4 aromatic rings. The maximum Gasteiger partial charge on any atom is 0.224 e. The van der Waals surface area contributed by atoms with Crippen molar-refractivity contribution in [1.29, 1.82) is 5.26 Å². The number of carbonyl (C=O) groups is 1. The summed E-state index contributed by atoms with van der Waals surface area (Å²) in [7, 11) is 0. The summed E-state index contributed by atoms with van der Waals surface area (Å²) >= 11 is 0. The van der Waals surface area contributed by atoms with Crippen LogP contribution in [-0.2, 0) is 15.6 Å². The molecule has 1 aliphatic rings. The number of nitrogens with zero attached hydrogens (tertiary/aromatic N) is 2. The number of rotatable bonds is 6. The number of nitriles is 1. The Labute approximate surface area is 226 Å². The first-order chi connectivity index (χ1) is 18.5. The Morgan fingerprint density at radius 2 is 1.32 bits per heavy atom. The van der Waals surface area contributed by atoms with Crippen LogP contribution < -0.4 is 0 Å². The molecule has 0 aliphatic carbocycles. The molecular formula is C35H34N2O. The summed E-state index contributed by atoms with van der Waals surface area (Å²) in [6, 6.07) is 39.9. The molecule has 4 aromatic carbocycles. The van der Waals surface area contributed by atoms with E-state index in [4.69, 9.17) is 0 Å². The molecule has 0 radical (unpaired) electrons. The minimum Gasteiger partial charge on any atom is -0.343 e. The average molecular weight is 499 g/mol. The zero-order chi connectivity index (χ0) is 26.6. The number of carbonyl (C=O) groups excluding carboxylic acids is 1. The van der Waals surface area contributed by atoms with Crippen molar-refractivity contribution in [3.8, 4) is 6.07 Å². The molecule has 1 fully saturated rings. The van der Waals surface area contributed by atoms with Gasteiger partial charge in [0.05, 0.1) is 16.9 Å². The maximum absolute atomic E-state index is 14.2. The molecule has 0 atom stereocenters. The highest BCUT2D eigenvalue weighted by atomic mass is 16.2. The summed E-state index contributed by atoms with van der Waals surface area (Å²) in [6.45, 7) is 5.45. The quantitative estimate of drug-likeness (QED) is 0.266. The lowest BCUT2D eigenvalue weighted by molar-refractivity contribution is -0.133. The number of likely N-dealkylation sites (tertiary alicyclic amines) is 1. The van der Waals surface area contributed by atoms with Crippen molar-refractivity contribution in [3.63, 3.8) is 0 Å². The molecule has 3 nitrogen and oxygen atoms in total. The lowest BCUT2D eigenvalue weighted by Gasteiger charge is -2.41. The summed E-state index contributed by atoms with van der Waals surface area (Å²) in [5.74, 6) is 0.123. The van der Waals surface area contributed by atoms with E-state index in [9.17, 15) is 10.1 Å². The van der Waals surface area contributed by atoms with Crippen LogP contribution in [0.15, 0.2) is 109 Å². The van der Waals surface area contributed by atoms with Crippen molar-refractivity contribution in [2.75, 3.05) is 13.1 Å². The van der Waals surface area contributed by atoms with Gasteiger partial charge in [0.15, 0.2) is 0 Å². The number of amides is 1. The van der Waals surface area contributed by atoms with E-state index in [0.717, 1.165) is 22.3 Å². The largest absolute Gasteiger partial charge is 0.343 e. The summed E-state index contributed by atoms with van der Waals surface area (Å²) < 4.78 is 0. The Kier molecular flexibility index (Phi) is 7.16. The first kappa shape index (κ1) is 25.5. The van der Waals surface area contributed by atoms with Crippen molar-refractivity contribution < 1.29 is 4.79 Å². The zero-order valence-electron chi connectivity index (χ0n) is 22.2. The van der Waals surface area contributed by atoms with Gasteiger partial charge in [-0.2, -0.15) is 5.26 Å². The molecule has 1 amide bonds. The number of piperidine rings is 1. The van der Waals surface area contributed by atoms with E-state index in [2.05, 4.69) is 86.6 Å². The van der Waals surface area contributed by atoms with Crippen molar-refractivity contribution in [2.24, 2.45) is 0 Å². The van der Waals surface area contributed by atoms with E-state index in [1.54, 1.807) is 0 Å². The summed E-state index contributed by atoms with van der Waals surface area (Å²) in [6.07, 6.45) is 1.62. The van der Waals surface area contributed by atoms with Gasteiger partial charge in [0.1, 0.15) is 0 Å². The van der Waals surface area contributed by atoms with Gasteiger partial charge in [-0.3, -0.25) is 4.79 Å². The van der Waals surface area contributed by atoms with Crippen LogP contribution in [0.3, 0.4) is 0 Å². The van der Waals surface area contributed by atoms with Gasteiger partial charge in [0.2, 0.25) is 5.91 Å². The summed E-state index contributed by atoms with van der Waals surface area (Å²) in [5.41, 5.74) is 5.69. The number of aryl methyl sites for hydroxylation is 1. The third-order valence-electron chi connectivity index (χ3n) is 8.52. The van der Waals surface area contributed by atoms with Crippen LogP contribution in [0.25, 0.3) is 0 Å². The highest BCUT2D eigenvalue weighted by Gasteiger charge is 2.43. The van der Waals surface area contributed by atoms with Gasteiger partial charge in [-0.25, -0.2) is 0 Å². The summed E-state index contributed by atoms with van der Waals surface area (Å²) in [5, 5.41) is 10.2. The predicted octanol–water partition coefficient (Wildman–Crippen LogP) is 7.11. The van der Waals surface area contributed by atoms with E-state index in [1.807, 2.05) is 47.4 Å². The molecule has 0 bridgehead atoms. The molecule has 190 valence electrons. The van der Waals surface area contributed by atoms with Crippen LogP contribution in [0.1, 0.15) is 52.6 Å². The second kappa shape index (κ2) is 10.7. The van der Waals surface area contributed by atoms with Gasteiger partial charge >= 0.3 is 0 Å². The van der Waals surface area contributed by atoms with Crippen molar-refractivity contribution >= 4 is 5.91 Å². The Hall–Kier alpha value is -4.16. The van der Waals surface area contributed by atoms with Gasteiger partial charge in [-0.1, -0.05) is 109 Å². The molecule has 1 saturated heterocycles. The van der Waals surface area contributed by atoms with Crippen molar-refractivity contribution in [3.05, 3.63) is 143 Å².